The van der Waals surface area contributed by atoms with Crippen LogP contribution in [0, 0.1) is 12.8 Å². The highest BCUT2D eigenvalue weighted by atomic mass is 35.5. The van der Waals surface area contributed by atoms with Gasteiger partial charge in [-0.2, -0.15) is 0 Å². The maximum atomic E-state index is 13.1. The first-order chi connectivity index (χ1) is 16.6. The van der Waals surface area contributed by atoms with Crippen LogP contribution in [-0.4, -0.2) is 61.6 Å². The van der Waals surface area contributed by atoms with E-state index in [1.807, 2.05) is 26.8 Å². The van der Waals surface area contributed by atoms with Crippen LogP contribution in [0.3, 0.4) is 0 Å². The van der Waals surface area contributed by atoms with Crippen LogP contribution in [0.15, 0.2) is 28.5 Å². The summed E-state index contributed by atoms with van der Waals surface area (Å²) in [6.45, 7) is 8.71. The molecule has 1 heterocycles. The molecule has 1 amide bonds. The van der Waals surface area contributed by atoms with Gasteiger partial charge in [-0.25, -0.2) is 4.99 Å². The Bertz CT molecular complexity index is 1010. The molecule has 1 aliphatic carbocycles. The van der Waals surface area contributed by atoms with Crippen molar-refractivity contribution >= 4 is 34.7 Å². The minimum absolute atomic E-state index is 0.0169. The zero-order chi connectivity index (χ0) is 25.7. The molecule has 1 aliphatic heterocycles. The number of carbonyl (C=O) groups excluding carboxylic acids is 2. The fraction of sp³-hybridized carbons (Fsp3) is 0.593. The Morgan fingerprint density at radius 3 is 2.51 bits per heavy atom. The molecule has 1 aromatic rings. The van der Waals surface area contributed by atoms with E-state index in [0.717, 1.165) is 17.0 Å². The Kier molecular flexibility index (Phi) is 9.36. The van der Waals surface area contributed by atoms with Gasteiger partial charge < -0.3 is 20.9 Å². The van der Waals surface area contributed by atoms with Gasteiger partial charge in [0.15, 0.2) is 5.78 Å². The van der Waals surface area contributed by atoms with Crippen LogP contribution in [0.2, 0.25) is 5.02 Å². The molecule has 0 aromatic heterocycles. The Balaban J connectivity index is 1.71. The highest BCUT2D eigenvalue weighted by Crippen LogP contribution is 2.32. The van der Waals surface area contributed by atoms with E-state index in [1.165, 1.54) is 25.7 Å². The van der Waals surface area contributed by atoms with Crippen LogP contribution in [0.25, 0.3) is 0 Å². The lowest BCUT2D eigenvalue weighted by atomic mass is 9.81. The third-order valence-electron chi connectivity index (χ3n) is 7.29. The fourth-order valence-corrected chi connectivity index (χ4v) is 5.29. The summed E-state index contributed by atoms with van der Waals surface area (Å²) in [6, 6.07) is 4.52. The second-order valence-corrected chi connectivity index (χ2v) is 10.5. The largest absolute Gasteiger partial charge is 0.382 e. The number of anilines is 1. The van der Waals surface area contributed by atoms with Gasteiger partial charge in [-0.05, 0) is 91.1 Å². The number of nitrogens with zero attached hydrogens (tertiary/aromatic N) is 2. The van der Waals surface area contributed by atoms with Crippen molar-refractivity contribution in [2.75, 3.05) is 32.5 Å². The molecule has 2 aliphatic rings. The van der Waals surface area contributed by atoms with Crippen LogP contribution >= 0.6 is 11.6 Å². The summed E-state index contributed by atoms with van der Waals surface area (Å²) in [7, 11) is 4.31. The second kappa shape index (κ2) is 12.0. The first-order valence-corrected chi connectivity index (χ1v) is 13.0. The topological polar surface area (TPSA) is 85.8 Å². The first-order valence-electron chi connectivity index (χ1n) is 12.7. The number of halogens is 1. The molecule has 192 valence electrons. The van der Waals surface area contributed by atoms with Crippen molar-refractivity contribution in [1.29, 1.82) is 0 Å². The summed E-state index contributed by atoms with van der Waals surface area (Å²) < 4.78 is 0. The van der Waals surface area contributed by atoms with E-state index >= 15 is 0 Å². The number of Topliss-reactive ketones (excluding diaryl/α,β-unsaturated/α-hetero) is 1. The van der Waals surface area contributed by atoms with E-state index < -0.39 is 0 Å². The molecular weight excluding hydrogens is 462 g/mol. The molecule has 3 N–H and O–H groups in total. The summed E-state index contributed by atoms with van der Waals surface area (Å²) >= 11 is 6.42. The van der Waals surface area contributed by atoms with E-state index in [4.69, 9.17) is 11.6 Å². The molecule has 0 spiro atoms. The van der Waals surface area contributed by atoms with Gasteiger partial charge in [0.2, 0.25) is 0 Å². The van der Waals surface area contributed by atoms with Gasteiger partial charge in [0.25, 0.3) is 5.91 Å². The maximum Gasteiger partial charge on any atom is 0.251 e. The zero-order valence-electron chi connectivity index (χ0n) is 21.9. The number of ketones is 1. The monoisotopic (exact) mass is 501 g/mol. The minimum atomic E-state index is -0.255. The average Bonchev–Trinajstić information content (AvgIpc) is 2.80. The van der Waals surface area contributed by atoms with Crippen molar-refractivity contribution in [2.45, 2.75) is 71.9 Å². The summed E-state index contributed by atoms with van der Waals surface area (Å²) in [6.07, 6.45) is 5.06. The second-order valence-electron chi connectivity index (χ2n) is 10.1. The molecule has 1 aromatic carbocycles. The van der Waals surface area contributed by atoms with E-state index in [2.05, 4.69) is 46.9 Å². The number of nitrogens with one attached hydrogen (secondary N) is 3. The third-order valence-corrected chi connectivity index (χ3v) is 7.51. The Labute approximate surface area is 214 Å². The average molecular weight is 502 g/mol. The smallest absolute Gasteiger partial charge is 0.251 e. The zero-order valence-corrected chi connectivity index (χ0v) is 22.7. The lowest BCUT2D eigenvalue weighted by molar-refractivity contribution is -0.114. The van der Waals surface area contributed by atoms with Crippen LogP contribution in [0.1, 0.15) is 68.8 Å². The third kappa shape index (κ3) is 6.85. The molecular formula is C27H40ClN5O2. The molecule has 1 saturated carbocycles. The van der Waals surface area contributed by atoms with E-state index in [1.54, 1.807) is 6.07 Å². The molecule has 1 fully saturated rings. The summed E-state index contributed by atoms with van der Waals surface area (Å²) in [5, 5.41) is 10.2. The van der Waals surface area contributed by atoms with Gasteiger partial charge in [0.1, 0.15) is 5.82 Å². The Morgan fingerprint density at radius 1 is 1.20 bits per heavy atom. The summed E-state index contributed by atoms with van der Waals surface area (Å²) in [4.78, 5) is 32.5. The molecule has 35 heavy (non-hydrogen) atoms. The van der Waals surface area contributed by atoms with E-state index in [0.29, 0.717) is 40.5 Å². The lowest BCUT2D eigenvalue weighted by Gasteiger charge is -2.36. The predicted molar refractivity (Wildman–Crippen MR) is 144 cm³/mol. The lowest BCUT2D eigenvalue weighted by Crippen LogP contribution is -2.37. The van der Waals surface area contributed by atoms with E-state index in [9.17, 15) is 9.59 Å². The highest BCUT2D eigenvalue weighted by Gasteiger charge is 2.27. The number of hydrogen-bond donors (Lipinski definition) is 3. The molecule has 1 unspecified atom stereocenters. The van der Waals surface area contributed by atoms with Crippen LogP contribution < -0.4 is 16.0 Å². The van der Waals surface area contributed by atoms with E-state index in [-0.39, 0.29) is 30.7 Å². The van der Waals surface area contributed by atoms with Crippen molar-refractivity contribution in [3.05, 3.63) is 39.7 Å². The Morgan fingerprint density at radius 2 is 1.89 bits per heavy atom. The predicted octanol–water partition coefficient (Wildman–Crippen LogP) is 4.55. The van der Waals surface area contributed by atoms with Crippen molar-refractivity contribution in [3.8, 4) is 0 Å². The standard InChI is InChI=1S/C27H40ClN5O2/c1-7-29-26-23(25(34)12-16(2)31-26)15-30-27(35)22-13-20(28)14-24(17(22)3)32-18(4)19-8-10-21(11-9-19)33(5)6/h13-14,18-19,21,29,32H,7-12,15H2,1-6H3,(H,30,35)/t18?,19-,21-. The first kappa shape index (κ1) is 27.2. The number of rotatable bonds is 9. The minimum Gasteiger partial charge on any atom is -0.382 e. The number of amides is 1. The van der Waals surface area contributed by atoms with Gasteiger partial charge in [-0.1, -0.05) is 11.6 Å². The van der Waals surface area contributed by atoms with Crippen molar-refractivity contribution in [2.24, 2.45) is 10.9 Å². The van der Waals surface area contributed by atoms with Crippen LogP contribution in [0.5, 0.6) is 0 Å². The number of benzene rings is 1. The quantitative estimate of drug-likeness (QED) is 0.462. The molecule has 8 heteroatoms. The van der Waals surface area contributed by atoms with Crippen LogP contribution in [-0.2, 0) is 4.79 Å². The van der Waals surface area contributed by atoms with Gasteiger partial charge in [0.05, 0.1) is 12.1 Å². The molecule has 0 radical (unpaired) electrons. The fourth-order valence-electron chi connectivity index (χ4n) is 5.07. The number of hydrogen-bond acceptors (Lipinski definition) is 6. The number of carbonyl (C=O) groups is 2. The highest BCUT2D eigenvalue weighted by molar-refractivity contribution is 6.31. The van der Waals surface area contributed by atoms with Crippen molar-refractivity contribution in [3.63, 3.8) is 0 Å². The van der Waals surface area contributed by atoms with Gasteiger partial charge >= 0.3 is 0 Å². The Hall–Kier alpha value is -2.38. The molecule has 3 rings (SSSR count). The van der Waals surface area contributed by atoms with Crippen molar-refractivity contribution in [1.82, 2.24) is 15.5 Å². The van der Waals surface area contributed by atoms with Gasteiger partial charge in [0, 0.05) is 47.0 Å². The maximum absolute atomic E-state index is 13.1. The SMILES string of the molecule is CCNC1=C(CNC(=O)c2cc(Cl)cc(NC(C)[C@H]3CC[C@H](N(C)C)CC3)c2C)C(=O)CC(C)=N1. The molecule has 0 bridgehead atoms. The molecule has 7 nitrogen and oxygen atoms in total. The number of aliphatic imine (C=N–C) groups is 1. The summed E-state index contributed by atoms with van der Waals surface area (Å²) in [5.74, 6) is 0.857. The summed E-state index contributed by atoms with van der Waals surface area (Å²) in [5.41, 5.74) is 3.52. The van der Waals surface area contributed by atoms with Crippen molar-refractivity contribution < 1.29 is 9.59 Å². The normalized spacial score (nSPS) is 21.6. The molecule has 1 atom stereocenters. The van der Waals surface area contributed by atoms with Crippen LogP contribution in [0.4, 0.5) is 5.69 Å². The van der Waals surface area contributed by atoms with Gasteiger partial charge in [-0.15, -0.1) is 0 Å². The molecule has 0 saturated heterocycles. The van der Waals surface area contributed by atoms with Gasteiger partial charge in [-0.3, -0.25) is 9.59 Å².